The van der Waals surface area contributed by atoms with Crippen molar-refractivity contribution in [1.29, 1.82) is 0 Å². The number of rotatable bonds is 6. The third-order valence-electron chi connectivity index (χ3n) is 5.26. The summed E-state index contributed by atoms with van der Waals surface area (Å²) in [5, 5.41) is 2.63. The quantitative estimate of drug-likeness (QED) is 0.588. The number of nitrogens with zero attached hydrogens (tertiary/aromatic N) is 1. The molecule has 1 aliphatic heterocycles. The van der Waals surface area contributed by atoms with Gasteiger partial charge in [0, 0.05) is 0 Å². The highest BCUT2D eigenvalue weighted by Crippen LogP contribution is 2.37. The van der Waals surface area contributed by atoms with Crippen molar-refractivity contribution in [2.75, 3.05) is 19.0 Å². The maximum atomic E-state index is 12.4. The van der Waals surface area contributed by atoms with Crippen LogP contribution in [0.25, 0.3) is 0 Å². The standard InChI is InChI=1S/C20H24N2O6/c1-12(18(24)21-15-9-5-6-10-16(15)27-2)28-17(23)11-22-19(25)13-7-3-4-8-14(13)20(22)26/h5-6,9-10,12-14H,3-4,7-8,11H2,1-2H3,(H,21,24)/t12-,13-,14+/m0/s1. The molecule has 3 rings (SSSR count). The molecule has 3 atom stereocenters. The SMILES string of the molecule is COc1ccccc1NC(=O)[C@H](C)OC(=O)CN1C(=O)[C@H]2CCCC[C@H]2C1=O. The normalized spacial score (nSPS) is 22.4. The Kier molecular flexibility index (Phi) is 5.96. The van der Waals surface area contributed by atoms with Crippen LogP contribution in [0.3, 0.4) is 0 Å². The van der Waals surface area contributed by atoms with Gasteiger partial charge in [0.05, 0.1) is 24.6 Å². The van der Waals surface area contributed by atoms with Crippen molar-refractivity contribution < 1.29 is 28.7 Å². The molecule has 3 amide bonds. The van der Waals surface area contributed by atoms with Gasteiger partial charge in [0.2, 0.25) is 11.8 Å². The van der Waals surface area contributed by atoms with Crippen molar-refractivity contribution in [3.63, 3.8) is 0 Å². The zero-order chi connectivity index (χ0) is 20.3. The molecule has 8 nitrogen and oxygen atoms in total. The molecule has 1 saturated heterocycles. The van der Waals surface area contributed by atoms with Gasteiger partial charge in [-0.3, -0.25) is 24.1 Å². The van der Waals surface area contributed by atoms with Gasteiger partial charge >= 0.3 is 5.97 Å². The molecule has 8 heteroatoms. The number of esters is 1. The number of likely N-dealkylation sites (tertiary alicyclic amines) is 1. The summed E-state index contributed by atoms with van der Waals surface area (Å²) in [6.45, 7) is 0.965. The van der Waals surface area contributed by atoms with E-state index < -0.39 is 24.5 Å². The lowest BCUT2D eigenvalue weighted by Crippen LogP contribution is -2.39. The molecular formula is C20H24N2O6. The van der Waals surface area contributed by atoms with E-state index in [2.05, 4.69) is 5.32 Å². The first-order valence-electron chi connectivity index (χ1n) is 9.41. The van der Waals surface area contributed by atoms with Crippen molar-refractivity contribution in [3.8, 4) is 5.75 Å². The number of fused-ring (bicyclic) bond motifs is 1. The second kappa shape index (κ2) is 8.41. The predicted molar refractivity (Wildman–Crippen MR) is 99.3 cm³/mol. The Morgan fingerprint density at radius 1 is 1.14 bits per heavy atom. The molecule has 1 saturated carbocycles. The summed E-state index contributed by atoms with van der Waals surface area (Å²) in [7, 11) is 1.48. The summed E-state index contributed by atoms with van der Waals surface area (Å²) in [6.07, 6.45) is 2.10. The largest absolute Gasteiger partial charge is 0.495 e. The Hall–Kier alpha value is -2.90. The van der Waals surface area contributed by atoms with E-state index >= 15 is 0 Å². The molecule has 0 spiro atoms. The van der Waals surface area contributed by atoms with Crippen LogP contribution in [-0.2, 0) is 23.9 Å². The molecule has 2 aliphatic rings. The van der Waals surface area contributed by atoms with E-state index in [1.165, 1.54) is 14.0 Å². The third kappa shape index (κ3) is 4.00. The summed E-state index contributed by atoms with van der Waals surface area (Å²) >= 11 is 0. The summed E-state index contributed by atoms with van der Waals surface area (Å²) in [5.41, 5.74) is 0.451. The number of nitrogens with one attached hydrogen (secondary N) is 1. The lowest BCUT2D eigenvalue weighted by molar-refractivity contribution is -0.158. The first-order chi connectivity index (χ1) is 13.4. The van der Waals surface area contributed by atoms with Gasteiger partial charge in [-0.2, -0.15) is 0 Å². The lowest BCUT2D eigenvalue weighted by Gasteiger charge is -2.19. The number of methoxy groups -OCH3 is 1. The molecule has 0 bridgehead atoms. The minimum Gasteiger partial charge on any atom is -0.495 e. The van der Waals surface area contributed by atoms with Gasteiger partial charge in [-0.1, -0.05) is 25.0 Å². The van der Waals surface area contributed by atoms with E-state index in [4.69, 9.17) is 9.47 Å². The minimum atomic E-state index is -1.09. The van der Waals surface area contributed by atoms with E-state index in [0.29, 0.717) is 24.3 Å². The van der Waals surface area contributed by atoms with Crippen molar-refractivity contribution >= 4 is 29.4 Å². The van der Waals surface area contributed by atoms with Crippen molar-refractivity contribution in [2.24, 2.45) is 11.8 Å². The molecule has 2 fully saturated rings. The van der Waals surface area contributed by atoms with Gasteiger partial charge in [-0.25, -0.2) is 0 Å². The van der Waals surface area contributed by atoms with Crippen LogP contribution in [0.4, 0.5) is 5.69 Å². The number of amides is 3. The Balaban J connectivity index is 1.56. The maximum absolute atomic E-state index is 12.4. The lowest BCUT2D eigenvalue weighted by atomic mass is 9.81. The Morgan fingerprint density at radius 3 is 2.36 bits per heavy atom. The molecular weight excluding hydrogens is 364 g/mol. The molecule has 1 heterocycles. The Labute approximate surface area is 163 Å². The highest BCUT2D eigenvalue weighted by molar-refractivity contribution is 6.07. The number of para-hydroxylation sites is 2. The fourth-order valence-corrected chi connectivity index (χ4v) is 3.79. The van der Waals surface area contributed by atoms with Crippen molar-refractivity contribution in [3.05, 3.63) is 24.3 Å². The summed E-state index contributed by atoms with van der Waals surface area (Å²) < 4.78 is 10.3. The summed E-state index contributed by atoms with van der Waals surface area (Å²) in [5.74, 6) is -2.10. The molecule has 0 radical (unpaired) electrons. The van der Waals surface area contributed by atoms with Crippen LogP contribution in [0.2, 0.25) is 0 Å². The third-order valence-corrected chi connectivity index (χ3v) is 5.26. The predicted octanol–water partition coefficient (Wildman–Crippen LogP) is 1.74. The van der Waals surface area contributed by atoms with E-state index in [0.717, 1.165) is 17.7 Å². The highest BCUT2D eigenvalue weighted by atomic mass is 16.5. The van der Waals surface area contributed by atoms with Crippen LogP contribution < -0.4 is 10.1 Å². The number of carbonyl (C=O) groups is 4. The van der Waals surface area contributed by atoms with Crippen molar-refractivity contribution in [2.45, 2.75) is 38.7 Å². The van der Waals surface area contributed by atoms with Crippen LogP contribution in [0.1, 0.15) is 32.6 Å². The van der Waals surface area contributed by atoms with E-state index in [1.807, 2.05) is 0 Å². The second-order valence-electron chi connectivity index (χ2n) is 7.08. The van der Waals surface area contributed by atoms with Gasteiger partial charge in [0.1, 0.15) is 12.3 Å². The van der Waals surface area contributed by atoms with E-state index in [-0.39, 0.29) is 23.7 Å². The number of hydrogen-bond acceptors (Lipinski definition) is 6. The van der Waals surface area contributed by atoms with Crippen molar-refractivity contribution in [1.82, 2.24) is 4.90 Å². The smallest absolute Gasteiger partial charge is 0.326 e. The van der Waals surface area contributed by atoms with Crippen LogP contribution in [-0.4, -0.2) is 48.3 Å². The molecule has 150 valence electrons. The minimum absolute atomic E-state index is 0.308. The first-order valence-corrected chi connectivity index (χ1v) is 9.41. The van der Waals surface area contributed by atoms with Crippen LogP contribution in [0.15, 0.2) is 24.3 Å². The Bertz CT molecular complexity index is 769. The average molecular weight is 388 g/mol. The van der Waals surface area contributed by atoms with E-state index in [9.17, 15) is 19.2 Å². The molecule has 1 aliphatic carbocycles. The fraction of sp³-hybridized carbons (Fsp3) is 0.500. The number of ether oxygens (including phenoxy) is 2. The number of benzene rings is 1. The maximum Gasteiger partial charge on any atom is 0.326 e. The number of hydrogen-bond donors (Lipinski definition) is 1. The number of anilines is 1. The zero-order valence-electron chi connectivity index (χ0n) is 16.0. The fourth-order valence-electron chi connectivity index (χ4n) is 3.79. The van der Waals surface area contributed by atoms with Crippen LogP contribution in [0.5, 0.6) is 5.75 Å². The molecule has 0 unspecified atom stereocenters. The molecule has 1 aromatic carbocycles. The molecule has 0 aromatic heterocycles. The zero-order valence-corrected chi connectivity index (χ0v) is 16.0. The molecule has 1 N–H and O–H groups in total. The molecule has 1 aromatic rings. The molecule has 28 heavy (non-hydrogen) atoms. The highest BCUT2D eigenvalue weighted by Gasteiger charge is 2.48. The first kappa shape index (κ1) is 19.9. The van der Waals surface area contributed by atoms with Gasteiger partial charge in [0.15, 0.2) is 6.10 Å². The van der Waals surface area contributed by atoms with Crippen LogP contribution >= 0.6 is 0 Å². The van der Waals surface area contributed by atoms with Crippen LogP contribution in [0, 0.1) is 11.8 Å². The Morgan fingerprint density at radius 2 is 1.75 bits per heavy atom. The number of carbonyl (C=O) groups excluding carboxylic acids is 4. The van der Waals surface area contributed by atoms with Gasteiger partial charge in [0.25, 0.3) is 5.91 Å². The van der Waals surface area contributed by atoms with Gasteiger partial charge in [-0.05, 0) is 31.9 Å². The summed E-state index contributed by atoms with van der Waals surface area (Å²) in [6, 6.07) is 6.85. The summed E-state index contributed by atoms with van der Waals surface area (Å²) in [4.78, 5) is 50.3. The number of imide groups is 1. The van der Waals surface area contributed by atoms with Gasteiger partial charge in [-0.15, -0.1) is 0 Å². The second-order valence-corrected chi connectivity index (χ2v) is 7.08. The topological polar surface area (TPSA) is 102 Å². The van der Waals surface area contributed by atoms with E-state index in [1.54, 1.807) is 24.3 Å². The monoisotopic (exact) mass is 388 g/mol. The van der Waals surface area contributed by atoms with Gasteiger partial charge < -0.3 is 14.8 Å². The average Bonchev–Trinajstić information content (AvgIpc) is 2.93.